The van der Waals surface area contributed by atoms with Crippen molar-refractivity contribution in [2.45, 2.75) is 25.7 Å². The Morgan fingerprint density at radius 1 is 1.33 bits per heavy atom. The zero-order valence-electron chi connectivity index (χ0n) is 13.2. The molecule has 0 aliphatic carbocycles. The largest absolute Gasteiger partial charge is 0.481 e. The van der Waals surface area contributed by atoms with Crippen LogP contribution in [0.15, 0.2) is 30.7 Å². The molecule has 1 unspecified atom stereocenters. The van der Waals surface area contributed by atoms with Gasteiger partial charge in [0.05, 0.1) is 6.20 Å². The molecule has 1 amide bonds. The van der Waals surface area contributed by atoms with Crippen molar-refractivity contribution in [2.24, 2.45) is 5.92 Å². The average Bonchev–Trinajstić information content (AvgIpc) is 3.10. The van der Waals surface area contributed by atoms with E-state index in [2.05, 4.69) is 9.97 Å². The molecule has 1 atom stereocenters. The number of hydrogen-bond donors (Lipinski definition) is 1. The number of likely N-dealkylation sites (tertiary alicyclic amines) is 1. The van der Waals surface area contributed by atoms with Crippen molar-refractivity contribution >= 4 is 23.2 Å². The number of carbonyl (C=O) groups excluding carboxylic acids is 1. The second-order valence-corrected chi connectivity index (χ2v) is 6.99. The summed E-state index contributed by atoms with van der Waals surface area (Å²) in [6, 6.07) is 3.74. The fourth-order valence-corrected chi connectivity index (χ4v) is 3.86. The Morgan fingerprint density at radius 2 is 2.12 bits per heavy atom. The molecule has 1 aliphatic heterocycles. The Hall–Kier alpha value is -2.28. The molecule has 3 heterocycles. The highest BCUT2D eigenvalue weighted by Gasteiger charge is 2.26. The van der Waals surface area contributed by atoms with Crippen LogP contribution in [0, 0.1) is 5.92 Å². The number of hydrogen-bond acceptors (Lipinski definition) is 5. The summed E-state index contributed by atoms with van der Waals surface area (Å²) in [6.07, 6.45) is 7.74. The Bertz CT molecular complexity index is 717. The lowest BCUT2D eigenvalue weighted by Gasteiger charge is -2.32. The lowest BCUT2D eigenvalue weighted by molar-refractivity contribution is -0.137. The Kier molecular flexibility index (Phi) is 5.20. The van der Waals surface area contributed by atoms with Gasteiger partial charge in [-0.2, -0.15) is 0 Å². The van der Waals surface area contributed by atoms with E-state index in [9.17, 15) is 9.59 Å². The summed E-state index contributed by atoms with van der Waals surface area (Å²) in [7, 11) is 0. The molecule has 0 aromatic carbocycles. The molecule has 126 valence electrons. The van der Waals surface area contributed by atoms with Gasteiger partial charge in [-0.25, -0.2) is 4.98 Å². The van der Waals surface area contributed by atoms with E-state index >= 15 is 0 Å². The second kappa shape index (κ2) is 7.53. The first-order valence-electron chi connectivity index (χ1n) is 8.01. The number of carboxylic acids is 1. The molecule has 0 spiro atoms. The number of thiazole rings is 1. The van der Waals surface area contributed by atoms with Gasteiger partial charge in [0.2, 0.25) is 0 Å². The molecule has 1 fully saturated rings. The van der Waals surface area contributed by atoms with Crippen LogP contribution in [0.2, 0.25) is 0 Å². The molecule has 1 N–H and O–H groups in total. The third-order valence-electron chi connectivity index (χ3n) is 4.22. The zero-order chi connectivity index (χ0) is 16.9. The normalized spacial score (nSPS) is 17.7. The quantitative estimate of drug-likeness (QED) is 0.901. The average molecular weight is 345 g/mol. The van der Waals surface area contributed by atoms with Crippen LogP contribution in [0.3, 0.4) is 0 Å². The monoisotopic (exact) mass is 345 g/mol. The van der Waals surface area contributed by atoms with Crippen LogP contribution < -0.4 is 0 Å². The lowest BCUT2D eigenvalue weighted by Crippen LogP contribution is -2.39. The highest BCUT2D eigenvalue weighted by molar-refractivity contribution is 7.16. The SMILES string of the molecule is O=C(O)CCC1CCCN(C(=O)c2cnc(-c3ccncc3)s2)C1. The van der Waals surface area contributed by atoms with Gasteiger partial charge in [-0.3, -0.25) is 14.6 Å². The van der Waals surface area contributed by atoms with Gasteiger partial charge in [-0.05, 0) is 37.3 Å². The Morgan fingerprint density at radius 3 is 2.88 bits per heavy atom. The van der Waals surface area contributed by atoms with Crippen LogP contribution in [0.25, 0.3) is 10.6 Å². The fraction of sp³-hybridized carbons (Fsp3) is 0.412. The van der Waals surface area contributed by atoms with E-state index in [1.54, 1.807) is 18.6 Å². The number of nitrogens with zero attached hydrogens (tertiary/aromatic N) is 3. The van der Waals surface area contributed by atoms with Crippen LogP contribution in [-0.2, 0) is 4.79 Å². The van der Waals surface area contributed by atoms with Crippen LogP contribution in [0.4, 0.5) is 0 Å². The van der Waals surface area contributed by atoms with Crippen LogP contribution >= 0.6 is 11.3 Å². The predicted octanol–water partition coefficient (Wildman–Crippen LogP) is 2.92. The number of pyridine rings is 1. The first-order chi connectivity index (χ1) is 11.6. The molecule has 7 heteroatoms. The molecule has 1 saturated heterocycles. The molecular weight excluding hydrogens is 326 g/mol. The number of carbonyl (C=O) groups is 2. The minimum absolute atomic E-state index is 0.00664. The topological polar surface area (TPSA) is 83.4 Å². The minimum Gasteiger partial charge on any atom is -0.481 e. The van der Waals surface area contributed by atoms with Crippen LogP contribution in [-0.4, -0.2) is 44.9 Å². The van der Waals surface area contributed by atoms with Gasteiger partial charge in [-0.1, -0.05) is 0 Å². The summed E-state index contributed by atoms with van der Waals surface area (Å²) < 4.78 is 0. The van der Waals surface area contributed by atoms with Crippen LogP contribution in [0.1, 0.15) is 35.4 Å². The smallest absolute Gasteiger partial charge is 0.303 e. The van der Waals surface area contributed by atoms with Gasteiger partial charge >= 0.3 is 5.97 Å². The summed E-state index contributed by atoms with van der Waals surface area (Å²) in [5.74, 6) is -0.512. The van der Waals surface area contributed by atoms with E-state index in [0.29, 0.717) is 17.8 Å². The molecular formula is C17H19N3O3S. The third kappa shape index (κ3) is 3.97. The third-order valence-corrected chi connectivity index (χ3v) is 5.25. The lowest BCUT2D eigenvalue weighted by atomic mass is 9.93. The maximum atomic E-state index is 12.7. The molecule has 2 aromatic heterocycles. The van der Waals surface area contributed by atoms with Crippen LogP contribution in [0.5, 0.6) is 0 Å². The van der Waals surface area contributed by atoms with Gasteiger partial charge in [0.15, 0.2) is 0 Å². The molecule has 3 rings (SSSR count). The summed E-state index contributed by atoms with van der Waals surface area (Å²) in [4.78, 5) is 34.2. The Labute approximate surface area is 144 Å². The maximum Gasteiger partial charge on any atom is 0.303 e. The van der Waals surface area contributed by atoms with Crippen molar-refractivity contribution in [1.82, 2.24) is 14.9 Å². The van der Waals surface area contributed by atoms with Gasteiger partial charge in [0.25, 0.3) is 5.91 Å². The number of piperidine rings is 1. The molecule has 6 nitrogen and oxygen atoms in total. The van der Waals surface area contributed by atoms with Crippen molar-refractivity contribution < 1.29 is 14.7 Å². The summed E-state index contributed by atoms with van der Waals surface area (Å²) >= 11 is 1.38. The highest BCUT2D eigenvalue weighted by atomic mass is 32.1. The molecule has 24 heavy (non-hydrogen) atoms. The predicted molar refractivity (Wildman–Crippen MR) is 90.8 cm³/mol. The van der Waals surface area contributed by atoms with E-state index in [0.717, 1.165) is 30.0 Å². The number of carboxylic acid groups (broad SMARTS) is 1. The molecule has 0 radical (unpaired) electrons. The second-order valence-electron chi connectivity index (χ2n) is 5.96. The molecule has 0 bridgehead atoms. The first-order valence-corrected chi connectivity index (χ1v) is 8.82. The van der Waals surface area contributed by atoms with E-state index in [1.165, 1.54) is 11.3 Å². The molecule has 0 saturated carbocycles. The molecule has 1 aliphatic rings. The van der Waals surface area contributed by atoms with Gasteiger partial charge in [0.1, 0.15) is 9.88 Å². The van der Waals surface area contributed by atoms with E-state index in [-0.39, 0.29) is 18.2 Å². The van der Waals surface area contributed by atoms with Crippen molar-refractivity contribution in [1.29, 1.82) is 0 Å². The van der Waals surface area contributed by atoms with Crippen molar-refractivity contribution in [3.63, 3.8) is 0 Å². The number of aliphatic carboxylic acids is 1. The van der Waals surface area contributed by atoms with Crippen molar-refractivity contribution in [3.05, 3.63) is 35.6 Å². The summed E-state index contributed by atoms with van der Waals surface area (Å²) in [5, 5.41) is 9.62. The van der Waals surface area contributed by atoms with Crippen molar-refractivity contribution in [2.75, 3.05) is 13.1 Å². The summed E-state index contributed by atoms with van der Waals surface area (Å²) in [6.45, 7) is 1.36. The minimum atomic E-state index is -0.775. The molecule has 2 aromatic rings. The van der Waals surface area contributed by atoms with Gasteiger partial charge < -0.3 is 10.0 Å². The van der Waals surface area contributed by atoms with E-state index < -0.39 is 5.97 Å². The van der Waals surface area contributed by atoms with Gasteiger partial charge in [0, 0.05) is 37.5 Å². The maximum absolute atomic E-state index is 12.7. The van der Waals surface area contributed by atoms with E-state index in [1.807, 2.05) is 17.0 Å². The highest BCUT2D eigenvalue weighted by Crippen LogP contribution is 2.27. The first kappa shape index (κ1) is 16.6. The number of aromatic nitrogens is 2. The van der Waals surface area contributed by atoms with Crippen molar-refractivity contribution in [3.8, 4) is 10.6 Å². The van der Waals surface area contributed by atoms with E-state index in [4.69, 9.17) is 5.11 Å². The fourth-order valence-electron chi connectivity index (χ4n) is 2.97. The number of rotatable bonds is 5. The summed E-state index contributed by atoms with van der Waals surface area (Å²) in [5.41, 5.74) is 0.951. The van der Waals surface area contributed by atoms with Gasteiger partial charge in [-0.15, -0.1) is 11.3 Å². The zero-order valence-corrected chi connectivity index (χ0v) is 14.0. The number of amides is 1. The Balaban J connectivity index is 1.66. The standard InChI is InChI=1S/C17H19N3O3S/c21-15(22)4-3-12-2-1-9-20(11-12)17(23)14-10-19-16(24-14)13-5-7-18-8-6-13/h5-8,10,12H,1-4,9,11H2,(H,21,22).